The summed E-state index contributed by atoms with van der Waals surface area (Å²) in [5, 5.41) is 14.4. The molecule has 0 spiro atoms. The maximum atomic E-state index is 12.9. The number of halogens is 2. The molecule has 2 aromatic carbocycles. The summed E-state index contributed by atoms with van der Waals surface area (Å²) < 4.78 is 26.4. The van der Waals surface area contributed by atoms with Gasteiger partial charge in [-0.2, -0.15) is 0 Å². The van der Waals surface area contributed by atoms with Crippen LogP contribution < -0.4 is 10.6 Å². The van der Waals surface area contributed by atoms with Gasteiger partial charge in [0.05, 0.1) is 5.75 Å². The van der Waals surface area contributed by atoms with Crippen molar-refractivity contribution in [2.24, 2.45) is 0 Å². The van der Waals surface area contributed by atoms with Crippen molar-refractivity contribution in [1.82, 2.24) is 10.2 Å². The van der Waals surface area contributed by atoms with Crippen molar-refractivity contribution >= 4 is 39.8 Å². The Kier molecular flexibility index (Phi) is 6.13. The van der Waals surface area contributed by atoms with E-state index >= 15 is 0 Å². The minimum absolute atomic E-state index is 0.171. The van der Waals surface area contributed by atoms with Gasteiger partial charge in [0.15, 0.2) is 4.34 Å². The minimum atomic E-state index is -0.355. The normalized spacial score (nSPS) is 10.5. The Bertz CT molecular complexity index is 869. The first-order chi connectivity index (χ1) is 12.6. The number of hydrogen-bond acceptors (Lipinski definition) is 6. The topological polar surface area (TPSA) is 66.9 Å². The molecular weight excluding hydrogens is 378 g/mol. The largest absolute Gasteiger partial charge is 0.356 e. The molecule has 1 aromatic heterocycles. The molecule has 0 aliphatic rings. The first kappa shape index (κ1) is 18.3. The van der Waals surface area contributed by atoms with Crippen LogP contribution in [-0.2, 0) is 11.3 Å². The Balaban J connectivity index is 1.45. The van der Waals surface area contributed by atoms with E-state index in [4.69, 9.17) is 0 Å². The quantitative estimate of drug-likeness (QED) is 0.591. The van der Waals surface area contributed by atoms with E-state index in [1.165, 1.54) is 59.5 Å². The van der Waals surface area contributed by atoms with E-state index in [1.54, 1.807) is 12.1 Å². The molecule has 0 saturated heterocycles. The van der Waals surface area contributed by atoms with Gasteiger partial charge < -0.3 is 10.6 Å². The molecule has 0 aliphatic heterocycles. The number of aromatic nitrogens is 2. The molecule has 0 aliphatic carbocycles. The first-order valence-electron chi connectivity index (χ1n) is 7.58. The second kappa shape index (κ2) is 8.72. The third-order valence-corrected chi connectivity index (χ3v) is 5.23. The van der Waals surface area contributed by atoms with Gasteiger partial charge in [0, 0.05) is 12.2 Å². The lowest BCUT2D eigenvalue weighted by atomic mass is 10.2. The molecule has 0 atom stereocenters. The number of hydrogen-bond donors (Lipinski definition) is 2. The zero-order valence-electron chi connectivity index (χ0n) is 13.4. The Labute approximate surface area is 156 Å². The van der Waals surface area contributed by atoms with Crippen molar-refractivity contribution in [2.45, 2.75) is 10.9 Å². The summed E-state index contributed by atoms with van der Waals surface area (Å²) in [4.78, 5) is 11.9. The summed E-state index contributed by atoms with van der Waals surface area (Å²) in [7, 11) is 0. The van der Waals surface area contributed by atoms with Gasteiger partial charge in [-0.05, 0) is 42.0 Å². The number of benzene rings is 2. The monoisotopic (exact) mass is 392 g/mol. The van der Waals surface area contributed by atoms with Crippen molar-refractivity contribution in [2.75, 3.05) is 16.4 Å². The molecule has 3 aromatic rings. The van der Waals surface area contributed by atoms with Gasteiger partial charge in [0.25, 0.3) is 0 Å². The van der Waals surface area contributed by atoms with Gasteiger partial charge in [0.2, 0.25) is 11.0 Å². The predicted octanol–water partition coefficient (Wildman–Crippen LogP) is 4.16. The van der Waals surface area contributed by atoms with Crippen LogP contribution in [0.25, 0.3) is 0 Å². The molecular formula is C17H14F2N4OS2. The lowest BCUT2D eigenvalue weighted by molar-refractivity contribution is -0.113. The number of amides is 1. The second-order valence-electron chi connectivity index (χ2n) is 5.20. The molecule has 0 fully saturated rings. The molecule has 0 radical (unpaired) electrons. The average Bonchev–Trinajstić information content (AvgIpc) is 3.09. The third kappa shape index (κ3) is 5.50. The summed E-state index contributed by atoms with van der Waals surface area (Å²) >= 11 is 2.60. The number of carbonyl (C=O) groups excluding carboxylic acids is 1. The Hall–Kier alpha value is -2.52. The zero-order chi connectivity index (χ0) is 18.4. The highest BCUT2D eigenvalue weighted by Gasteiger charge is 2.09. The van der Waals surface area contributed by atoms with Gasteiger partial charge >= 0.3 is 0 Å². The van der Waals surface area contributed by atoms with Crippen LogP contribution in [0.4, 0.5) is 19.6 Å². The van der Waals surface area contributed by atoms with E-state index in [1.807, 2.05) is 0 Å². The highest BCUT2D eigenvalue weighted by atomic mass is 32.2. The fourth-order valence-corrected chi connectivity index (χ4v) is 3.52. The molecule has 2 N–H and O–H groups in total. The lowest BCUT2D eigenvalue weighted by Crippen LogP contribution is -2.13. The van der Waals surface area contributed by atoms with Gasteiger partial charge in [-0.3, -0.25) is 4.79 Å². The van der Waals surface area contributed by atoms with Crippen LogP contribution >= 0.6 is 23.1 Å². The van der Waals surface area contributed by atoms with Gasteiger partial charge in [0.1, 0.15) is 11.6 Å². The molecule has 26 heavy (non-hydrogen) atoms. The molecule has 1 heterocycles. The highest BCUT2D eigenvalue weighted by Crippen LogP contribution is 2.26. The van der Waals surface area contributed by atoms with Crippen LogP contribution in [0.5, 0.6) is 0 Å². The van der Waals surface area contributed by atoms with E-state index in [0.29, 0.717) is 21.7 Å². The number of anilines is 2. The smallest absolute Gasteiger partial charge is 0.234 e. The first-order valence-corrected chi connectivity index (χ1v) is 9.39. The van der Waals surface area contributed by atoms with E-state index < -0.39 is 0 Å². The van der Waals surface area contributed by atoms with Crippen LogP contribution in [0, 0.1) is 11.6 Å². The van der Waals surface area contributed by atoms with Crippen LogP contribution in [0.1, 0.15) is 5.56 Å². The molecule has 0 bridgehead atoms. The van der Waals surface area contributed by atoms with Crippen molar-refractivity contribution in [1.29, 1.82) is 0 Å². The molecule has 9 heteroatoms. The predicted molar refractivity (Wildman–Crippen MR) is 99.4 cm³/mol. The van der Waals surface area contributed by atoms with E-state index in [2.05, 4.69) is 20.8 Å². The average molecular weight is 392 g/mol. The minimum Gasteiger partial charge on any atom is -0.356 e. The van der Waals surface area contributed by atoms with E-state index in [-0.39, 0.29) is 23.3 Å². The van der Waals surface area contributed by atoms with Crippen LogP contribution in [0.3, 0.4) is 0 Å². The molecule has 5 nitrogen and oxygen atoms in total. The fourth-order valence-electron chi connectivity index (χ4n) is 1.98. The maximum absolute atomic E-state index is 12.9. The van der Waals surface area contributed by atoms with Gasteiger partial charge in [-0.1, -0.05) is 35.2 Å². The second-order valence-corrected chi connectivity index (χ2v) is 7.40. The summed E-state index contributed by atoms with van der Waals surface area (Å²) in [5.74, 6) is -0.670. The van der Waals surface area contributed by atoms with Crippen molar-refractivity contribution in [3.05, 3.63) is 65.7 Å². The standard InChI is InChI=1S/C17H14F2N4OS2/c18-12-3-1-11(2-4-12)9-20-16-22-23-17(26-16)25-10-15(24)21-14-7-5-13(19)6-8-14/h1-8H,9-10H2,(H,20,22)(H,21,24). The van der Waals surface area contributed by atoms with Crippen LogP contribution in [-0.4, -0.2) is 21.9 Å². The highest BCUT2D eigenvalue weighted by molar-refractivity contribution is 8.01. The SMILES string of the molecule is O=C(CSc1nnc(NCc2ccc(F)cc2)s1)Nc1ccc(F)cc1. The van der Waals surface area contributed by atoms with Gasteiger partial charge in [-0.15, -0.1) is 10.2 Å². The van der Waals surface area contributed by atoms with Crippen molar-refractivity contribution < 1.29 is 13.6 Å². The molecule has 0 saturated carbocycles. The Morgan fingerprint density at radius 2 is 1.65 bits per heavy atom. The number of nitrogens with zero attached hydrogens (tertiary/aromatic N) is 2. The summed E-state index contributed by atoms with van der Waals surface area (Å²) in [6, 6.07) is 11.8. The Morgan fingerprint density at radius 3 is 2.35 bits per heavy atom. The Morgan fingerprint density at radius 1 is 1.00 bits per heavy atom. The molecule has 0 unspecified atom stereocenters. The number of nitrogens with one attached hydrogen (secondary N) is 2. The maximum Gasteiger partial charge on any atom is 0.234 e. The van der Waals surface area contributed by atoms with E-state index in [9.17, 15) is 13.6 Å². The van der Waals surface area contributed by atoms with Gasteiger partial charge in [-0.25, -0.2) is 8.78 Å². The van der Waals surface area contributed by atoms with Crippen LogP contribution in [0.2, 0.25) is 0 Å². The molecule has 134 valence electrons. The summed E-state index contributed by atoms with van der Waals surface area (Å²) in [5.41, 5.74) is 1.46. The molecule has 1 amide bonds. The third-order valence-electron chi connectivity index (χ3n) is 3.22. The zero-order valence-corrected chi connectivity index (χ0v) is 15.0. The number of rotatable bonds is 7. The number of thioether (sulfide) groups is 1. The van der Waals surface area contributed by atoms with Crippen molar-refractivity contribution in [3.63, 3.8) is 0 Å². The lowest BCUT2D eigenvalue weighted by Gasteiger charge is -2.03. The summed E-state index contributed by atoms with van der Waals surface area (Å²) in [6.45, 7) is 0.505. The van der Waals surface area contributed by atoms with E-state index in [0.717, 1.165) is 5.56 Å². The fraction of sp³-hybridized carbons (Fsp3) is 0.118. The van der Waals surface area contributed by atoms with Crippen LogP contribution in [0.15, 0.2) is 52.9 Å². The number of carbonyl (C=O) groups is 1. The summed E-state index contributed by atoms with van der Waals surface area (Å²) in [6.07, 6.45) is 0. The molecule has 3 rings (SSSR count). The van der Waals surface area contributed by atoms with Crippen molar-refractivity contribution in [3.8, 4) is 0 Å².